The highest BCUT2D eigenvalue weighted by Crippen LogP contribution is 2.26. The maximum atomic E-state index is 3.57. The van der Waals surface area contributed by atoms with E-state index in [1.807, 2.05) is 7.05 Å². The number of hydrogen-bond donors (Lipinski definition) is 1. The van der Waals surface area contributed by atoms with E-state index in [1.54, 1.807) is 0 Å². The highest BCUT2D eigenvalue weighted by Gasteiger charge is 2.16. The molecule has 0 radical (unpaired) electrons. The Morgan fingerprint density at radius 2 is 1.94 bits per heavy atom. The minimum Gasteiger partial charge on any atom is -0.369 e. The van der Waals surface area contributed by atoms with E-state index in [2.05, 4.69) is 56.3 Å². The van der Waals surface area contributed by atoms with E-state index >= 15 is 0 Å². The van der Waals surface area contributed by atoms with Gasteiger partial charge in [-0.05, 0) is 31.8 Å². The van der Waals surface area contributed by atoms with E-state index < -0.39 is 0 Å². The number of anilines is 1. The first-order valence-corrected chi connectivity index (χ1v) is 6.86. The second kappa shape index (κ2) is 5.85. The summed E-state index contributed by atoms with van der Waals surface area (Å²) in [6, 6.07) is 6.55. The van der Waals surface area contributed by atoms with Crippen LogP contribution in [-0.4, -0.2) is 45.2 Å². The number of benzene rings is 1. The lowest BCUT2D eigenvalue weighted by Gasteiger charge is -2.35. The van der Waals surface area contributed by atoms with Crippen LogP contribution in [0.4, 0.5) is 5.69 Å². The van der Waals surface area contributed by atoms with Crippen LogP contribution in [0.2, 0.25) is 0 Å². The van der Waals surface area contributed by atoms with Crippen molar-refractivity contribution >= 4 is 21.6 Å². The van der Waals surface area contributed by atoms with E-state index in [1.165, 1.54) is 11.3 Å². The van der Waals surface area contributed by atoms with E-state index in [4.69, 9.17) is 0 Å². The predicted octanol–water partition coefficient (Wildman–Crippen LogP) is 1.92. The maximum absolute atomic E-state index is 3.57. The number of nitrogens with one attached hydrogen (secondary N) is 1. The molecular weight excluding hydrogens is 278 g/mol. The molecule has 0 bridgehead atoms. The van der Waals surface area contributed by atoms with Crippen LogP contribution < -0.4 is 10.2 Å². The SMILES string of the molecule is CNCc1ccc(Br)cc1N1CCN(C)CC1. The molecule has 1 fully saturated rings. The lowest BCUT2D eigenvalue weighted by molar-refractivity contribution is 0.312. The van der Waals surface area contributed by atoms with Gasteiger partial charge in [0.1, 0.15) is 0 Å². The van der Waals surface area contributed by atoms with E-state index in [0.29, 0.717) is 0 Å². The number of halogens is 1. The van der Waals surface area contributed by atoms with Gasteiger partial charge in [0.15, 0.2) is 0 Å². The van der Waals surface area contributed by atoms with Gasteiger partial charge in [-0.25, -0.2) is 0 Å². The summed E-state index contributed by atoms with van der Waals surface area (Å²) in [5.41, 5.74) is 2.74. The fraction of sp³-hybridized carbons (Fsp3) is 0.538. The molecule has 1 aromatic carbocycles. The van der Waals surface area contributed by atoms with Gasteiger partial charge in [-0.2, -0.15) is 0 Å². The number of rotatable bonds is 3. The Kier molecular flexibility index (Phi) is 4.42. The number of likely N-dealkylation sites (N-methyl/N-ethyl adjacent to an activating group) is 1. The summed E-state index contributed by atoms with van der Waals surface area (Å²) in [6.07, 6.45) is 0. The van der Waals surface area contributed by atoms with Crippen molar-refractivity contribution < 1.29 is 0 Å². The molecule has 94 valence electrons. The average molecular weight is 298 g/mol. The Hall–Kier alpha value is -0.580. The van der Waals surface area contributed by atoms with Crippen LogP contribution in [0.5, 0.6) is 0 Å². The third kappa shape index (κ3) is 3.21. The molecule has 0 unspecified atom stereocenters. The van der Waals surface area contributed by atoms with Crippen LogP contribution >= 0.6 is 15.9 Å². The minimum absolute atomic E-state index is 0.926. The van der Waals surface area contributed by atoms with Crippen LogP contribution in [0, 0.1) is 0 Å². The van der Waals surface area contributed by atoms with Gasteiger partial charge in [0, 0.05) is 42.9 Å². The van der Waals surface area contributed by atoms with Gasteiger partial charge in [0.25, 0.3) is 0 Å². The second-order valence-corrected chi connectivity index (χ2v) is 5.51. The zero-order chi connectivity index (χ0) is 12.3. The van der Waals surface area contributed by atoms with Crippen molar-refractivity contribution in [1.82, 2.24) is 10.2 Å². The highest BCUT2D eigenvalue weighted by atomic mass is 79.9. The molecule has 4 heteroatoms. The smallest absolute Gasteiger partial charge is 0.0424 e. The summed E-state index contributed by atoms with van der Waals surface area (Å²) in [7, 11) is 4.18. The molecule has 0 atom stereocenters. The molecule has 1 saturated heterocycles. The molecule has 0 aromatic heterocycles. The van der Waals surface area contributed by atoms with E-state index in [0.717, 1.165) is 37.2 Å². The minimum atomic E-state index is 0.926. The maximum Gasteiger partial charge on any atom is 0.0424 e. The van der Waals surface area contributed by atoms with Gasteiger partial charge >= 0.3 is 0 Å². The van der Waals surface area contributed by atoms with Crippen molar-refractivity contribution in [2.24, 2.45) is 0 Å². The molecule has 1 aliphatic rings. The number of piperazine rings is 1. The van der Waals surface area contributed by atoms with Crippen molar-refractivity contribution in [3.8, 4) is 0 Å². The molecule has 3 nitrogen and oxygen atoms in total. The van der Waals surface area contributed by atoms with Crippen molar-refractivity contribution in [1.29, 1.82) is 0 Å². The van der Waals surface area contributed by atoms with Crippen LogP contribution in [0.1, 0.15) is 5.56 Å². The molecule has 0 amide bonds. The van der Waals surface area contributed by atoms with E-state index in [-0.39, 0.29) is 0 Å². The van der Waals surface area contributed by atoms with Gasteiger partial charge in [0.05, 0.1) is 0 Å². The molecule has 1 N–H and O–H groups in total. The molecular formula is C13H20BrN3. The summed E-state index contributed by atoms with van der Waals surface area (Å²) in [4.78, 5) is 4.86. The lowest BCUT2D eigenvalue weighted by atomic mass is 10.1. The van der Waals surface area contributed by atoms with Crippen molar-refractivity contribution in [3.05, 3.63) is 28.2 Å². The molecule has 17 heavy (non-hydrogen) atoms. The predicted molar refractivity (Wildman–Crippen MR) is 76.6 cm³/mol. The fourth-order valence-corrected chi connectivity index (χ4v) is 2.57. The Morgan fingerprint density at radius 1 is 1.24 bits per heavy atom. The Labute approximate surface area is 112 Å². The van der Waals surface area contributed by atoms with Crippen molar-refractivity contribution in [2.45, 2.75) is 6.54 Å². The van der Waals surface area contributed by atoms with Crippen molar-refractivity contribution in [3.63, 3.8) is 0 Å². The molecule has 0 aliphatic carbocycles. The fourth-order valence-electron chi connectivity index (χ4n) is 2.22. The van der Waals surface area contributed by atoms with Crippen LogP contribution in [0.3, 0.4) is 0 Å². The van der Waals surface area contributed by atoms with Crippen LogP contribution in [0.15, 0.2) is 22.7 Å². The zero-order valence-electron chi connectivity index (χ0n) is 10.5. The highest BCUT2D eigenvalue weighted by molar-refractivity contribution is 9.10. The summed E-state index contributed by atoms with van der Waals surface area (Å²) >= 11 is 3.57. The normalized spacial score (nSPS) is 17.5. The topological polar surface area (TPSA) is 18.5 Å². The third-order valence-corrected chi connectivity index (χ3v) is 3.75. The first-order chi connectivity index (χ1) is 8.20. The Balaban J connectivity index is 2.20. The number of hydrogen-bond acceptors (Lipinski definition) is 3. The van der Waals surface area contributed by atoms with E-state index in [9.17, 15) is 0 Å². The molecule has 1 aliphatic heterocycles. The second-order valence-electron chi connectivity index (χ2n) is 4.59. The standard InChI is InChI=1S/C13H20BrN3/c1-15-10-11-3-4-12(14)9-13(11)17-7-5-16(2)6-8-17/h3-4,9,15H,5-8,10H2,1-2H3. The van der Waals surface area contributed by atoms with Crippen LogP contribution in [0.25, 0.3) is 0 Å². The first-order valence-electron chi connectivity index (χ1n) is 6.07. The van der Waals surface area contributed by atoms with Gasteiger partial charge in [-0.3, -0.25) is 0 Å². The quantitative estimate of drug-likeness (QED) is 0.920. The molecule has 2 rings (SSSR count). The lowest BCUT2D eigenvalue weighted by Crippen LogP contribution is -2.44. The summed E-state index contributed by atoms with van der Waals surface area (Å²) in [5, 5.41) is 3.24. The monoisotopic (exact) mass is 297 g/mol. The van der Waals surface area contributed by atoms with Crippen molar-refractivity contribution in [2.75, 3.05) is 45.2 Å². The Morgan fingerprint density at radius 3 is 2.59 bits per heavy atom. The van der Waals surface area contributed by atoms with Crippen LogP contribution in [-0.2, 0) is 6.54 Å². The molecule has 0 saturated carbocycles. The third-order valence-electron chi connectivity index (χ3n) is 3.26. The molecule has 1 aromatic rings. The Bertz CT molecular complexity index is 373. The summed E-state index contributed by atoms with van der Waals surface area (Å²) in [5.74, 6) is 0. The largest absolute Gasteiger partial charge is 0.369 e. The zero-order valence-corrected chi connectivity index (χ0v) is 12.1. The van der Waals surface area contributed by atoms with Gasteiger partial charge in [-0.1, -0.05) is 22.0 Å². The average Bonchev–Trinajstić information content (AvgIpc) is 2.33. The molecule has 0 spiro atoms. The first kappa shape index (κ1) is 12.9. The summed E-state index contributed by atoms with van der Waals surface area (Å²) < 4.78 is 1.16. The molecule has 1 heterocycles. The van der Waals surface area contributed by atoms with Gasteiger partial charge in [-0.15, -0.1) is 0 Å². The summed E-state index contributed by atoms with van der Waals surface area (Å²) in [6.45, 7) is 5.44. The van der Waals surface area contributed by atoms with Gasteiger partial charge < -0.3 is 15.1 Å². The van der Waals surface area contributed by atoms with Gasteiger partial charge in [0.2, 0.25) is 0 Å². The number of nitrogens with zero attached hydrogens (tertiary/aromatic N) is 2.